The van der Waals surface area contributed by atoms with Gasteiger partial charge in [-0.05, 0) is 35.9 Å². The zero-order valence-corrected chi connectivity index (χ0v) is 22.1. The number of amides is 2. The van der Waals surface area contributed by atoms with Gasteiger partial charge in [0.1, 0.15) is 5.75 Å². The fourth-order valence-electron chi connectivity index (χ4n) is 4.45. The summed E-state index contributed by atoms with van der Waals surface area (Å²) in [5, 5.41) is 11.8. The number of fused-ring (bicyclic) bond motifs is 2. The fourth-order valence-corrected chi connectivity index (χ4v) is 5.63. The third-order valence-electron chi connectivity index (χ3n) is 6.54. The Bertz CT molecular complexity index is 1720. The van der Waals surface area contributed by atoms with Gasteiger partial charge in [-0.3, -0.25) is 19.5 Å². The molecule has 9 nitrogen and oxygen atoms in total. The quantitative estimate of drug-likeness (QED) is 0.317. The Morgan fingerprint density at radius 1 is 1.13 bits per heavy atom. The number of para-hydroxylation sites is 1. The second-order valence-corrected chi connectivity index (χ2v) is 9.95. The molecule has 0 atom stereocenters. The van der Waals surface area contributed by atoms with Gasteiger partial charge in [-0.15, -0.1) is 11.3 Å². The van der Waals surface area contributed by atoms with E-state index >= 15 is 0 Å². The molecule has 2 amide bonds. The summed E-state index contributed by atoms with van der Waals surface area (Å²) in [6.07, 6.45) is 1.95. The molecular formula is C28H27N5O4S. The highest BCUT2D eigenvalue weighted by Crippen LogP contribution is 2.40. The lowest BCUT2D eigenvalue weighted by Gasteiger charge is -2.21. The molecule has 0 unspecified atom stereocenters. The van der Waals surface area contributed by atoms with Crippen LogP contribution >= 0.6 is 11.3 Å². The van der Waals surface area contributed by atoms with Crippen molar-refractivity contribution in [3.63, 3.8) is 0 Å². The van der Waals surface area contributed by atoms with E-state index in [2.05, 4.69) is 15.5 Å². The zero-order valence-electron chi connectivity index (χ0n) is 21.3. The molecule has 0 bridgehead atoms. The molecule has 0 radical (unpaired) electrons. The summed E-state index contributed by atoms with van der Waals surface area (Å²) in [6, 6.07) is 16.7. The van der Waals surface area contributed by atoms with Crippen LogP contribution in [0.5, 0.6) is 5.75 Å². The molecule has 0 aliphatic rings. The van der Waals surface area contributed by atoms with E-state index in [4.69, 9.17) is 4.74 Å². The minimum Gasteiger partial charge on any atom is -0.496 e. The summed E-state index contributed by atoms with van der Waals surface area (Å²) in [6.45, 7) is 0.484. The molecular weight excluding hydrogens is 502 g/mol. The molecule has 0 saturated heterocycles. The molecule has 0 saturated carbocycles. The third kappa shape index (κ3) is 4.78. The first-order valence-corrected chi connectivity index (χ1v) is 12.9. The Morgan fingerprint density at radius 2 is 1.95 bits per heavy atom. The van der Waals surface area contributed by atoms with Gasteiger partial charge in [0.25, 0.3) is 5.91 Å². The van der Waals surface area contributed by atoms with Crippen molar-refractivity contribution >= 4 is 44.1 Å². The first-order valence-electron chi connectivity index (χ1n) is 12.1. The highest BCUT2D eigenvalue weighted by Gasteiger charge is 2.23. The Kier molecular flexibility index (Phi) is 6.97. The van der Waals surface area contributed by atoms with Crippen molar-refractivity contribution in [1.29, 1.82) is 0 Å². The average Bonchev–Trinajstić information content (AvgIpc) is 3.56. The lowest BCUT2D eigenvalue weighted by Crippen LogP contribution is -2.34. The average molecular weight is 530 g/mol. The second kappa shape index (κ2) is 10.5. The highest BCUT2D eigenvalue weighted by molar-refractivity contribution is 7.21. The molecule has 194 valence electrons. The SMILES string of the molecule is CNC(=O)CCN(Cc1n[nH]c2ccccc12)C(=O)c1cc2c(OC)ccc(-c3ccc(=O)n(C)c3)c2s1. The van der Waals surface area contributed by atoms with E-state index in [1.807, 2.05) is 42.5 Å². The standard InChI is InChI=1S/C28H27N5O4S/c1-29-25(34)12-13-33(16-22-19-6-4-5-7-21(19)30-31-22)28(36)24-14-20-23(37-3)10-9-18(27(20)38-24)17-8-11-26(35)32(2)15-17/h4-11,14-15H,12-13,16H2,1-3H3,(H,29,34)(H,30,31). The highest BCUT2D eigenvalue weighted by atomic mass is 32.1. The van der Waals surface area contributed by atoms with E-state index in [0.29, 0.717) is 10.6 Å². The molecule has 2 N–H and O–H groups in total. The summed E-state index contributed by atoms with van der Waals surface area (Å²) in [5.41, 5.74) is 3.28. The number of methoxy groups -OCH3 is 1. The Labute approximate surface area is 222 Å². The van der Waals surface area contributed by atoms with Crippen molar-refractivity contribution < 1.29 is 14.3 Å². The first-order chi connectivity index (χ1) is 18.4. The van der Waals surface area contributed by atoms with Gasteiger partial charge < -0.3 is 19.5 Å². The van der Waals surface area contributed by atoms with Gasteiger partial charge in [0, 0.05) is 60.4 Å². The summed E-state index contributed by atoms with van der Waals surface area (Å²) >= 11 is 1.36. The number of carbonyl (C=O) groups is 2. The molecule has 10 heteroatoms. The summed E-state index contributed by atoms with van der Waals surface area (Å²) in [5.74, 6) is 0.305. The van der Waals surface area contributed by atoms with Crippen LogP contribution in [0, 0.1) is 0 Å². The number of rotatable bonds is 8. The van der Waals surface area contributed by atoms with E-state index in [1.165, 1.54) is 22.0 Å². The molecule has 3 heterocycles. The Morgan fingerprint density at radius 3 is 2.71 bits per heavy atom. The van der Waals surface area contributed by atoms with Gasteiger partial charge in [-0.1, -0.05) is 18.2 Å². The number of H-pyrrole nitrogens is 1. The zero-order chi connectivity index (χ0) is 26.8. The van der Waals surface area contributed by atoms with E-state index < -0.39 is 0 Å². The van der Waals surface area contributed by atoms with Gasteiger partial charge in [-0.25, -0.2) is 0 Å². The van der Waals surface area contributed by atoms with Gasteiger partial charge >= 0.3 is 0 Å². The smallest absolute Gasteiger partial charge is 0.264 e. The van der Waals surface area contributed by atoms with Crippen molar-refractivity contribution in [2.24, 2.45) is 7.05 Å². The molecule has 0 aliphatic carbocycles. The van der Waals surface area contributed by atoms with Crippen molar-refractivity contribution in [2.45, 2.75) is 13.0 Å². The maximum atomic E-state index is 13.9. The van der Waals surface area contributed by atoms with Gasteiger partial charge in [0.15, 0.2) is 0 Å². The number of ether oxygens (including phenoxy) is 1. The van der Waals surface area contributed by atoms with Gasteiger partial charge in [-0.2, -0.15) is 5.10 Å². The minimum absolute atomic E-state index is 0.0989. The molecule has 0 spiro atoms. The molecule has 5 rings (SSSR count). The molecule has 0 aliphatic heterocycles. The number of aromatic nitrogens is 3. The number of carbonyl (C=O) groups excluding carboxylic acids is 2. The number of nitrogens with one attached hydrogen (secondary N) is 2. The normalized spacial score (nSPS) is 11.1. The number of hydrogen-bond donors (Lipinski definition) is 2. The van der Waals surface area contributed by atoms with Crippen LogP contribution in [-0.2, 0) is 18.4 Å². The van der Waals surface area contributed by atoms with Crippen molar-refractivity contribution in [1.82, 2.24) is 25.0 Å². The van der Waals surface area contributed by atoms with Crippen LogP contribution in [0.3, 0.4) is 0 Å². The van der Waals surface area contributed by atoms with Crippen LogP contribution in [0.15, 0.2) is 65.6 Å². The van der Waals surface area contributed by atoms with E-state index in [9.17, 15) is 14.4 Å². The van der Waals surface area contributed by atoms with Crippen LogP contribution in [-0.4, -0.2) is 52.2 Å². The summed E-state index contributed by atoms with van der Waals surface area (Å²) in [4.78, 5) is 40.1. The van der Waals surface area contributed by atoms with Crippen LogP contribution < -0.4 is 15.6 Å². The maximum absolute atomic E-state index is 13.9. The summed E-state index contributed by atoms with van der Waals surface area (Å²) < 4.78 is 8.01. The van der Waals surface area contributed by atoms with Crippen molar-refractivity contribution in [3.8, 4) is 16.9 Å². The van der Waals surface area contributed by atoms with E-state index in [-0.39, 0.29) is 36.9 Å². The van der Waals surface area contributed by atoms with Crippen LogP contribution in [0.4, 0.5) is 0 Å². The first kappa shape index (κ1) is 25.2. The Balaban J connectivity index is 1.56. The van der Waals surface area contributed by atoms with Gasteiger partial charge in [0.2, 0.25) is 11.5 Å². The lowest BCUT2D eigenvalue weighted by atomic mass is 10.1. The molecule has 38 heavy (non-hydrogen) atoms. The number of aromatic amines is 1. The minimum atomic E-state index is -0.198. The van der Waals surface area contributed by atoms with Crippen LogP contribution in [0.1, 0.15) is 21.8 Å². The monoisotopic (exact) mass is 529 g/mol. The number of hydrogen-bond acceptors (Lipinski definition) is 6. The number of nitrogens with zero attached hydrogens (tertiary/aromatic N) is 3. The third-order valence-corrected chi connectivity index (χ3v) is 7.69. The van der Waals surface area contributed by atoms with Crippen molar-refractivity contribution in [2.75, 3.05) is 20.7 Å². The number of pyridine rings is 1. The predicted octanol–water partition coefficient (Wildman–Crippen LogP) is 3.93. The van der Waals surface area contributed by atoms with E-state index in [1.54, 1.807) is 38.4 Å². The van der Waals surface area contributed by atoms with Crippen LogP contribution in [0.2, 0.25) is 0 Å². The van der Waals surface area contributed by atoms with E-state index in [0.717, 1.165) is 37.8 Å². The van der Waals surface area contributed by atoms with Crippen molar-refractivity contribution in [3.05, 3.63) is 81.7 Å². The lowest BCUT2D eigenvalue weighted by molar-refractivity contribution is -0.120. The second-order valence-electron chi connectivity index (χ2n) is 8.90. The number of aryl methyl sites for hydroxylation is 1. The summed E-state index contributed by atoms with van der Waals surface area (Å²) in [7, 11) is 4.88. The predicted molar refractivity (Wildman–Crippen MR) is 149 cm³/mol. The molecule has 3 aromatic heterocycles. The van der Waals surface area contributed by atoms with Crippen LogP contribution in [0.25, 0.3) is 32.1 Å². The number of benzene rings is 2. The Hall–Kier alpha value is -4.44. The molecule has 5 aromatic rings. The number of thiophene rings is 1. The fraction of sp³-hybridized carbons (Fsp3) is 0.214. The van der Waals surface area contributed by atoms with Gasteiger partial charge in [0.05, 0.1) is 29.7 Å². The molecule has 0 fully saturated rings. The maximum Gasteiger partial charge on any atom is 0.264 e. The molecule has 2 aromatic carbocycles. The largest absolute Gasteiger partial charge is 0.496 e. The topological polar surface area (TPSA) is 109 Å².